The van der Waals surface area contributed by atoms with Crippen molar-refractivity contribution in [2.24, 2.45) is 0 Å². The van der Waals surface area contributed by atoms with Crippen molar-refractivity contribution in [3.8, 4) is 10.4 Å². The van der Waals surface area contributed by atoms with Gasteiger partial charge in [-0.1, -0.05) is 23.8 Å². The van der Waals surface area contributed by atoms with Crippen LogP contribution in [-0.2, 0) is 27.1 Å². The Kier molecular flexibility index (Phi) is 18.2. The van der Waals surface area contributed by atoms with Gasteiger partial charge in [-0.05, 0) is 93.6 Å². The van der Waals surface area contributed by atoms with Gasteiger partial charge in [0.1, 0.15) is 16.3 Å². The van der Waals surface area contributed by atoms with E-state index < -0.39 is 29.6 Å². The van der Waals surface area contributed by atoms with Gasteiger partial charge in [-0.15, -0.1) is 11.3 Å². The van der Waals surface area contributed by atoms with Gasteiger partial charge < -0.3 is 41.3 Å². The van der Waals surface area contributed by atoms with Gasteiger partial charge in [0.2, 0.25) is 6.09 Å². The van der Waals surface area contributed by atoms with E-state index in [0.717, 1.165) is 16.9 Å². The molecule has 0 aliphatic heterocycles. The number of rotatable bonds is 11. The van der Waals surface area contributed by atoms with E-state index in [4.69, 9.17) is 14.2 Å². The fourth-order valence-corrected chi connectivity index (χ4v) is 4.57. The molecule has 10 nitrogen and oxygen atoms in total. The van der Waals surface area contributed by atoms with Crippen LogP contribution in [0.4, 0.5) is 9.18 Å². The molecule has 3 rings (SSSR count). The van der Waals surface area contributed by atoms with E-state index in [1.54, 1.807) is 26.0 Å². The third-order valence-corrected chi connectivity index (χ3v) is 6.56. The number of aromatic carboxylic acids is 1. The van der Waals surface area contributed by atoms with Gasteiger partial charge in [0.25, 0.3) is 5.97 Å². The molecule has 2 heterocycles. The molecule has 0 aliphatic rings. The maximum absolute atomic E-state index is 13.2. The Hall–Kier alpha value is -2.27. The molecule has 13 heteroatoms. The Labute approximate surface area is 325 Å². The number of ether oxygens (including phenoxy) is 3. The average molecular weight is 761 g/mol. The predicted molar refractivity (Wildman–Crippen MR) is 164 cm³/mol. The van der Waals surface area contributed by atoms with Crippen molar-refractivity contribution in [3.63, 3.8) is 0 Å². The van der Waals surface area contributed by atoms with E-state index >= 15 is 0 Å². The van der Waals surface area contributed by atoms with E-state index in [9.17, 15) is 28.7 Å². The molecule has 1 amide bonds. The molecule has 3 aromatic rings. The second-order valence-corrected chi connectivity index (χ2v) is 11.1. The number of benzene rings is 1. The summed E-state index contributed by atoms with van der Waals surface area (Å²) in [7, 11) is 0. The topological polar surface area (TPSA) is 143 Å². The Morgan fingerprint density at radius 2 is 1.62 bits per heavy atom. The molecular weight excluding hydrogens is 724 g/mol. The van der Waals surface area contributed by atoms with Gasteiger partial charge in [0.05, 0.1) is 13.2 Å². The molecule has 0 unspecified atom stereocenters. The normalized spacial score (nSPS) is 10.5. The number of hydrogen-bond donors (Lipinski definition) is 1. The Bertz CT molecular complexity index is 1440. The standard InChI is InChI=1S/C24H21FNO6S.C8H16NO2.Cs/c1-3-31-23(29)16-13-26-17(10-7-14-5-8-15(25)9-6-14)21(24(30)32-4-2)20(16)18-11-12-19(33-18)22(27)28;1-5-6-9-7(10)11-8(2,3)4;/h5-6,8-9,11-12H,3-4,7,10H2,1-2H3,(H,27,28);1,5-6H2,2-4H3,(H,9,10);/q2*-1;+1/p-1. The van der Waals surface area contributed by atoms with Crippen LogP contribution in [0, 0.1) is 18.9 Å². The molecule has 238 valence electrons. The molecule has 0 radical (unpaired) electrons. The number of thiophene rings is 1. The molecule has 0 saturated heterocycles. The van der Waals surface area contributed by atoms with Crippen molar-refractivity contribution in [1.82, 2.24) is 4.98 Å². The first kappa shape index (κ1) is 40.8. The van der Waals surface area contributed by atoms with Crippen molar-refractivity contribution >= 4 is 35.3 Å². The molecule has 2 aromatic heterocycles. The van der Waals surface area contributed by atoms with Crippen LogP contribution in [-0.4, -0.2) is 59.5 Å². The summed E-state index contributed by atoms with van der Waals surface area (Å²) < 4.78 is 28.5. The molecule has 0 aliphatic carbocycles. The minimum Gasteiger partial charge on any atom is -0.619 e. The largest absolute Gasteiger partial charge is 1.00 e. The summed E-state index contributed by atoms with van der Waals surface area (Å²) in [6.45, 7) is 12.9. The first-order chi connectivity index (χ1) is 20.8. The molecular formula is C32H36CsFN2O8S-2. The number of aryl methyl sites for hydroxylation is 2. The van der Waals surface area contributed by atoms with Gasteiger partial charge >= 0.3 is 80.8 Å². The fourth-order valence-electron chi connectivity index (χ4n) is 3.67. The summed E-state index contributed by atoms with van der Waals surface area (Å²) in [6, 6.07) is 8.87. The zero-order valence-corrected chi connectivity index (χ0v) is 33.5. The minimum absolute atomic E-state index is 0. The van der Waals surface area contributed by atoms with Crippen LogP contribution in [0.15, 0.2) is 36.4 Å². The molecule has 0 saturated carbocycles. The number of carbonyl (C=O) groups is 4. The molecule has 45 heavy (non-hydrogen) atoms. The smallest absolute Gasteiger partial charge is 0.619 e. The van der Waals surface area contributed by atoms with Gasteiger partial charge in [-0.25, -0.2) is 14.0 Å². The van der Waals surface area contributed by atoms with Crippen LogP contribution in [0.3, 0.4) is 0 Å². The summed E-state index contributed by atoms with van der Waals surface area (Å²) in [5, 5.41) is 12.9. The van der Waals surface area contributed by atoms with Crippen molar-refractivity contribution in [1.29, 1.82) is 0 Å². The van der Waals surface area contributed by atoms with E-state index in [1.807, 2.05) is 20.8 Å². The monoisotopic (exact) mass is 760 g/mol. The summed E-state index contributed by atoms with van der Waals surface area (Å²) in [5.74, 6) is -2.92. The number of hydrogen-bond acceptors (Lipinski definition) is 9. The number of carboxylic acid groups (broad SMARTS) is 1. The zero-order chi connectivity index (χ0) is 32.9. The number of pyridine rings is 1. The maximum Gasteiger partial charge on any atom is 1.00 e. The third-order valence-electron chi connectivity index (χ3n) is 5.47. The Morgan fingerprint density at radius 3 is 2.16 bits per heavy atom. The Morgan fingerprint density at radius 1 is 1.00 bits per heavy atom. The zero-order valence-electron chi connectivity index (χ0n) is 26.4. The molecule has 0 fully saturated rings. The van der Waals surface area contributed by atoms with Crippen molar-refractivity contribution in [3.05, 3.63) is 87.9 Å². The number of aromatic nitrogens is 1. The number of esters is 2. The molecule has 0 atom stereocenters. The number of amides is 1. The number of halogens is 1. The fraction of sp³-hybridized carbons (Fsp3) is 0.375. The second-order valence-electron chi connectivity index (χ2n) is 10.0. The Balaban J connectivity index is 0.000000722. The van der Waals surface area contributed by atoms with Crippen molar-refractivity contribution < 1.29 is 112 Å². The van der Waals surface area contributed by atoms with Gasteiger partial charge in [0.15, 0.2) is 0 Å². The van der Waals surface area contributed by atoms with E-state index in [2.05, 4.69) is 23.4 Å². The minimum atomic E-state index is -1.13. The average Bonchev–Trinajstić information content (AvgIpc) is 3.45. The quantitative estimate of drug-likeness (QED) is 0.174. The molecule has 0 spiro atoms. The van der Waals surface area contributed by atoms with Crippen LogP contribution in [0.25, 0.3) is 15.8 Å². The van der Waals surface area contributed by atoms with Crippen molar-refractivity contribution in [2.75, 3.05) is 19.8 Å². The van der Waals surface area contributed by atoms with Crippen LogP contribution in [0.5, 0.6) is 0 Å². The van der Waals surface area contributed by atoms with Crippen LogP contribution >= 0.6 is 11.3 Å². The maximum atomic E-state index is 13.2. The number of carbonyl (C=O) groups excluding carboxylic acids is 3. The first-order valence-electron chi connectivity index (χ1n) is 13.9. The molecule has 0 bridgehead atoms. The number of carboxylic acids is 1. The first-order valence-corrected chi connectivity index (χ1v) is 14.7. The number of nitrogens with zero attached hydrogens (tertiary/aromatic N) is 2. The van der Waals surface area contributed by atoms with Crippen molar-refractivity contribution in [2.45, 2.75) is 59.5 Å². The summed E-state index contributed by atoms with van der Waals surface area (Å²) in [4.78, 5) is 52.5. The third kappa shape index (κ3) is 13.5. The van der Waals surface area contributed by atoms with Gasteiger partial charge in [-0.3, -0.25) is 4.79 Å². The predicted octanol–water partition coefficient (Wildman–Crippen LogP) is 4.11. The molecule has 1 N–H and O–H groups in total. The second kappa shape index (κ2) is 20.1. The summed E-state index contributed by atoms with van der Waals surface area (Å²) in [5.41, 5.74) is 0.860. The van der Waals surface area contributed by atoms with Crippen LogP contribution in [0.2, 0.25) is 0 Å². The SMILES string of the molecule is CCOC(=O)c1[c-]nc(CCc2ccc(F)cc2)c(C(=O)OCC)c1-c1ccc(C(=O)O)s1.[CH2-]CC[N-]C(=O)OC(C)(C)C.[Cs+]. The summed E-state index contributed by atoms with van der Waals surface area (Å²) in [6.07, 6.45) is 3.52. The van der Waals surface area contributed by atoms with Gasteiger partial charge in [-0.2, -0.15) is 13.0 Å². The van der Waals surface area contributed by atoms with Crippen LogP contribution in [0.1, 0.15) is 82.7 Å². The van der Waals surface area contributed by atoms with E-state index in [-0.39, 0.29) is 116 Å². The van der Waals surface area contributed by atoms with E-state index in [1.165, 1.54) is 24.3 Å². The van der Waals surface area contributed by atoms with Gasteiger partial charge in [0, 0.05) is 5.56 Å². The van der Waals surface area contributed by atoms with Crippen LogP contribution < -0.4 is 68.9 Å². The van der Waals surface area contributed by atoms with E-state index in [0.29, 0.717) is 30.0 Å². The summed E-state index contributed by atoms with van der Waals surface area (Å²) >= 11 is 0.914. The molecule has 1 aromatic carbocycles.